The predicted molar refractivity (Wildman–Crippen MR) is 81.3 cm³/mol. The molecular formula is C15H31N3. The lowest BCUT2D eigenvalue weighted by Crippen LogP contribution is -2.45. The van der Waals surface area contributed by atoms with Crippen LogP contribution in [0.4, 0.5) is 0 Å². The Morgan fingerprint density at radius 2 is 2.06 bits per heavy atom. The molecule has 0 amide bonds. The summed E-state index contributed by atoms with van der Waals surface area (Å²) in [6.45, 7) is 19.7. The summed E-state index contributed by atoms with van der Waals surface area (Å²) < 4.78 is 0. The summed E-state index contributed by atoms with van der Waals surface area (Å²) in [5.41, 5.74) is 4.75. The molecule has 0 spiro atoms. The van der Waals surface area contributed by atoms with Crippen molar-refractivity contribution in [2.75, 3.05) is 19.6 Å². The van der Waals surface area contributed by atoms with Crippen molar-refractivity contribution in [3.05, 3.63) is 24.4 Å². The van der Waals surface area contributed by atoms with Crippen molar-refractivity contribution in [2.45, 2.75) is 47.1 Å². The number of allylic oxidation sites excluding steroid dienone is 1. The van der Waals surface area contributed by atoms with E-state index in [4.69, 9.17) is 0 Å². The molecule has 0 bridgehead atoms. The van der Waals surface area contributed by atoms with Gasteiger partial charge in [-0.1, -0.05) is 32.6 Å². The van der Waals surface area contributed by atoms with E-state index in [0.29, 0.717) is 5.92 Å². The third-order valence-corrected chi connectivity index (χ3v) is 2.92. The number of hydrazine groups is 1. The zero-order chi connectivity index (χ0) is 14.2. The number of rotatable bonds is 4. The molecule has 0 aromatic rings. The van der Waals surface area contributed by atoms with Crippen molar-refractivity contribution < 1.29 is 0 Å². The van der Waals surface area contributed by atoms with Crippen molar-refractivity contribution >= 4 is 0 Å². The average molecular weight is 253 g/mol. The van der Waals surface area contributed by atoms with Gasteiger partial charge >= 0.3 is 0 Å². The highest BCUT2D eigenvalue weighted by Crippen LogP contribution is 2.20. The topological polar surface area (TPSA) is 27.3 Å². The molecule has 1 aliphatic heterocycles. The molecule has 3 heteroatoms. The van der Waals surface area contributed by atoms with Gasteiger partial charge < -0.3 is 5.32 Å². The quantitative estimate of drug-likeness (QED) is 0.754. The summed E-state index contributed by atoms with van der Waals surface area (Å²) in [6, 6.07) is 0. The number of nitrogens with zero attached hydrogens (tertiary/aromatic N) is 1. The Morgan fingerprint density at radius 3 is 2.50 bits per heavy atom. The van der Waals surface area contributed by atoms with E-state index >= 15 is 0 Å². The van der Waals surface area contributed by atoms with Crippen LogP contribution in [0.2, 0.25) is 0 Å². The van der Waals surface area contributed by atoms with Crippen LogP contribution in [0.5, 0.6) is 0 Å². The van der Waals surface area contributed by atoms with E-state index in [-0.39, 0.29) is 5.54 Å². The van der Waals surface area contributed by atoms with Gasteiger partial charge in [-0.05, 0) is 27.7 Å². The maximum atomic E-state index is 4.11. The van der Waals surface area contributed by atoms with E-state index in [1.807, 2.05) is 20.8 Å². The normalized spacial score (nSPS) is 20.7. The highest BCUT2D eigenvalue weighted by atomic mass is 15.6. The molecule has 1 heterocycles. The molecule has 18 heavy (non-hydrogen) atoms. The van der Waals surface area contributed by atoms with E-state index in [1.165, 1.54) is 0 Å². The lowest BCUT2D eigenvalue weighted by atomic mass is 10.0. The fraction of sp³-hybridized carbons (Fsp3) is 0.733. The van der Waals surface area contributed by atoms with Crippen molar-refractivity contribution in [1.29, 1.82) is 0 Å². The average Bonchev–Trinajstić information content (AvgIpc) is 2.81. The highest BCUT2D eigenvalue weighted by Gasteiger charge is 2.31. The van der Waals surface area contributed by atoms with Crippen LogP contribution in [-0.2, 0) is 0 Å². The lowest BCUT2D eigenvalue weighted by Gasteiger charge is -2.31. The Bertz CT molecular complexity index is 263. The molecule has 1 rings (SSSR count). The van der Waals surface area contributed by atoms with Gasteiger partial charge in [-0.3, -0.25) is 5.43 Å². The van der Waals surface area contributed by atoms with Crippen LogP contribution in [0.1, 0.15) is 41.5 Å². The minimum atomic E-state index is 0.179. The Labute approximate surface area is 113 Å². The Morgan fingerprint density at radius 1 is 1.44 bits per heavy atom. The molecule has 3 nitrogen and oxygen atoms in total. The molecule has 0 saturated carbocycles. The number of hydrogen-bond acceptors (Lipinski definition) is 3. The smallest absolute Gasteiger partial charge is 0.0327 e. The SMILES string of the molecule is C=C(NC/C=C/C)C1CNN(C(C)(C)C)C1.CC. The Kier molecular flexibility index (Phi) is 7.96. The molecule has 1 saturated heterocycles. The highest BCUT2D eigenvalue weighted by molar-refractivity contribution is 5.04. The second kappa shape index (κ2) is 8.33. The summed E-state index contributed by atoms with van der Waals surface area (Å²) in [7, 11) is 0. The van der Waals surface area contributed by atoms with Crippen LogP contribution >= 0.6 is 0 Å². The molecule has 1 atom stereocenters. The van der Waals surface area contributed by atoms with Gasteiger partial charge in [0, 0.05) is 36.8 Å². The number of hydrogen-bond donors (Lipinski definition) is 2. The molecule has 0 aromatic heterocycles. The second-order valence-corrected chi connectivity index (χ2v) is 5.32. The van der Waals surface area contributed by atoms with Crippen molar-refractivity contribution in [1.82, 2.24) is 15.8 Å². The summed E-state index contributed by atoms with van der Waals surface area (Å²) in [5, 5.41) is 5.64. The molecule has 1 aliphatic rings. The third kappa shape index (κ3) is 5.69. The molecular weight excluding hydrogens is 222 g/mol. The monoisotopic (exact) mass is 253 g/mol. The van der Waals surface area contributed by atoms with E-state index in [0.717, 1.165) is 25.3 Å². The molecule has 106 valence electrons. The van der Waals surface area contributed by atoms with Gasteiger partial charge in [-0.25, -0.2) is 5.01 Å². The fourth-order valence-electron chi connectivity index (χ4n) is 1.77. The molecule has 0 aromatic carbocycles. The van der Waals surface area contributed by atoms with Gasteiger partial charge in [0.25, 0.3) is 0 Å². The first-order chi connectivity index (χ1) is 8.45. The maximum Gasteiger partial charge on any atom is 0.0327 e. The van der Waals surface area contributed by atoms with Crippen LogP contribution in [0.3, 0.4) is 0 Å². The minimum Gasteiger partial charge on any atom is -0.385 e. The van der Waals surface area contributed by atoms with Crippen molar-refractivity contribution in [3.8, 4) is 0 Å². The van der Waals surface area contributed by atoms with Gasteiger partial charge in [0.2, 0.25) is 0 Å². The van der Waals surface area contributed by atoms with Crippen LogP contribution in [-0.4, -0.2) is 30.2 Å². The van der Waals surface area contributed by atoms with Crippen LogP contribution in [0.15, 0.2) is 24.4 Å². The van der Waals surface area contributed by atoms with E-state index < -0.39 is 0 Å². The van der Waals surface area contributed by atoms with Gasteiger partial charge in [0.1, 0.15) is 0 Å². The molecule has 1 unspecified atom stereocenters. The molecule has 1 fully saturated rings. The van der Waals surface area contributed by atoms with Gasteiger partial charge in [0.15, 0.2) is 0 Å². The van der Waals surface area contributed by atoms with Crippen molar-refractivity contribution in [3.63, 3.8) is 0 Å². The Balaban J connectivity index is 0.00000137. The third-order valence-electron chi connectivity index (χ3n) is 2.92. The standard InChI is InChI=1S/C13H25N3.C2H6/c1-6-7-8-14-11(2)12-9-15-16(10-12)13(3,4)5;1-2/h6-7,12,14-15H,2,8-10H2,1,3-5H3;1-2H3/b7-6+;. The summed E-state index contributed by atoms with van der Waals surface area (Å²) in [6.07, 6.45) is 4.16. The molecule has 0 radical (unpaired) electrons. The first-order valence-corrected chi connectivity index (χ1v) is 7.00. The minimum absolute atomic E-state index is 0.179. The van der Waals surface area contributed by atoms with Crippen LogP contribution in [0, 0.1) is 5.92 Å². The van der Waals surface area contributed by atoms with Gasteiger partial charge in [-0.15, -0.1) is 0 Å². The first kappa shape index (κ1) is 17.2. The molecule has 2 N–H and O–H groups in total. The van der Waals surface area contributed by atoms with Gasteiger partial charge in [0.05, 0.1) is 0 Å². The fourth-order valence-corrected chi connectivity index (χ4v) is 1.77. The van der Waals surface area contributed by atoms with Crippen LogP contribution in [0.25, 0.3) is 0 Å². The summed E-state index contributed by atoms with van der Waals surface area (Å²) in [4.78, 5) is 0. The van der Waals surface area contributed by atoms with Crippen molar-refractivity contribution in [2.24, 2.45) is 5.92 Å². The summed E-state index contributed by atoms with van der Waals surface area (Å²) >= 11 is 0. The van der Waals surface area contributed by atoms with E-state index in [9.17, 15) is 0 Å². The number of nitrogens with one attached hydrogen (secondary N) is 2. The Hall–Kier alpha value is -0.800. The zero-order valence-corrected chi connectivity index (χ0v) is 13.0. The van der Waals surface area contributed by atoms with E-state index in [1.54, 1.807) is 0 Å². The first-order valence-electron chi connectivity index (χ1n) is 7.00. The summed E-state index contributed by atoms with van der Waals surface area (Å²) in [5.74, 6) is 0.504. The van der Waals surface area contributed by atoms with Gasteiger partial charge in [-0.2, -0.15) is 0 Å². The van der Waals surface area contributed by atoms with Crippen LogP contribution < -0.4 is 10.7 Å². The second-order valence-electron chi connectivity index (χ2n) is 5.32. The predicted octanol–water partition coefficient (Wildman–Crippen LogP) is 2.93. The largest absolute Gasteiger partial charge is 0.385 e. The lowest BCUT2D eigenvalue weighted by molar-refractivity contribution is 0.113. The molecule has 0 aliphatic carbocycles. The zero-order valence-electron chi connectivity index (χ0n) is 13.0. The van der Waals surface area contributed by atoms with E-state index in [2.05, 4.69) is 55.3 Å². The maximum absolute atomic E-state index is 4.11.